The van der Waals surface area contributed by atoms with Crippen molar-refractivity contribution in [2.45, 2.75) is 6.42 Å². The molecular weight excluding hydrogens is 313 g/mol. The van der Waals surface area contributed by atoms with E-state index in [9.17, 15) is 9.59 Å². The lowest BCUT2D eigenvalue weighted by Gasteiger charge is -2.08. The number of rotatable bonds is 4. The monoisotopic (exact) mass is 323 g/mol. The van der Waals surface area contributed by atoms with Crippen molar-refractivity contribution >= 4 is 40.8 Å². The fraction of sp³-hybridized carbons (Fsp3) is 0.0667. The minimum atomic E-state index is -1.10. The van der Waals surface area contributed by atoms with Gasteiger partial charge in [-0.15, -0.1) is 0 Å². The van der Waals surface area contributed by atoms with Gasteiger partial charge in [-0.25, -0.2) is 4.79 Å². The Balaban J connectivity index is 2.12. The minimum Gasteiger partial charge on any atom is -0.478 e. The van der Waals surface area contributed by atoms with Crippen LogP contribution in [0.25, 0.3) is 0 Å². The SMILES string of the molecule is O=C(Cc1ccc(Cl)c(Cl)c1)Nc1ccccc1C(=O)O. The molecule has 0 bridgehead atoms. The molecule has 0 fully saturated rings. The highest BCUT2D eigenvalue weighted by atomic mass is 35.5. The molecule has 0 saturated carbocycles. The third kappa shape index (κ3) is 3.97. The van der Waals surface area contributed by atoms with Crippen LogP contribution in [0.15, 0.2) is 42.5 Å². The van der Waals surface area contributed by atoms with Gasteiger partial charge in [-0.05, 0) is 29.8 Å². The maximum atomic E-state index is 12.0. The van der Waals surface area contributed by atoms with Crippen LogP contribution in [0.2, 0.25) is 10.0 Å². The van der Waals surface area contributed by atoms with Crippen LogP contribution in [0.5, 0.6) is 0 Å². The van der Waals surface area contributed by atoms with Crippen molar-refractivity contribution in [1.29, 1.82) is 0 Å². The normalized spacial score (nSPS) is 10.2. The summed E-state index contributed by atoms with van der Waals surface area (Å²) in [6.45, 7) is 0. The lowest BCUT2D eigenvalue weighted by Crippen LogP contribution is -2.16. The molecule has 0 aliphatic heterocycles. The van der Waals surface area contributed by atoms with Gasteiger partial charge in [0.05, 0.1) is 27.7 Å². The topological polar surface area (TPSA) is 66.4 Å². The van der Waals surface area contributed by atoms with E-state index >= 15 is 0 Å². The second-order valence-electron chi connectivity index (χ2n) is 4.32. The fourth-order valence-electron chi connectivity index (χ4n) is 1.81. The number of carboxylic acids is 1. The van der Waals surface area contributed by atoms with E-state index in [1.165, 1.54) is 12.1 Å². The second kappa shape index (κ2) is 6.61. The van der Waals surface area contributed by atoms with Crippen LogP contribution in [0.3, 0.4) is 0 Å². The number of carbonyl (C=O) groups excluding carboxylic acids is 1. The Hall–Kier alpha value is -2.04. The Labute approximate surface area is 131 Å². The van der Waals surface area contributed by atoms with Gasteiger partial charge in [-0.1, -0.05) is 41.4 Å². The van der Waals surface area contributed by atoms with Gasteiger partial charge in [0.15, 0.2) is 0 Å². The van der Waals surface area contributed by atoms with Crippen molar-refractivity contribution in [2.75, 3.05) is 5.32 Å². The summed E-state index contributed by atoms with van der Waals surface area (Å²) in [7, 11) is 0. The summed E-state index contributed by atoms with van der Waals surface area (Å²) in [6.07, 6.45) is 0.0742. The first-order valence-electron chi connectivity index (χ1n) is 6.03. The van der Waals surface area contributed by atoms with Crippen molar-refractivity contribution in [3.8, 4) is 0 Å². The Morgan fingerprint density at radius 1 is 1.05 bits per heavy atom. The molecule has 0 radical (unpaired) electrons. The molecule has 21 heavy (non-hydrogen) atoms. The average Bonchev–Trinajstić information content (AvgIpc) is 2.43. The Kier molecular flexibility index (Phi) is 4.83. The lowest BCUT2D eigenvalue weighted by molar-refractivity contribution is -0.115. The zero-order chi connectivity index (χ0) is 15.4. The number of carbonyl (C=O) groups is 2. The molecular formula is C15H11Cl2NO3. The van der Waals surface area contributed by atoms with Crippen LogP contribution in [-0.4, -0.2) is 17.0 Å². The summed E-state index contributed by atoms with van der Waals surface area (Å²) in [4.78, 5) is 23.0. The molecule has 0 atom stereocenters. The number of hydrogen-bond donors (Lipinski definition) is 2. The van der Waals surface area contributed by atoms with Crippen LogP contribution < -0.4 is 5.32 Å². The number of aromatic carboxylic acids is 1. The third-order valence-electron chi connectivity index (χ3n) is 2.78. The van der Waals surface area contributed by atoms with Crippen LogP contribution in [-0.2, 0) is 11.2 Å². The molecule has 0 heterocycles. The van der Waals surface area contributed by atoms with E-state index in [1.54, 1.807) is 30.3 Å². The molecule has 2 aromatic carbocycles. The molecule has 1 amide bonds. The molecule has 0 aliphatic carbocycles. The lowest BCUT2D eigenvalue weighted by atomic mass is 10.1. The van der Waals surface area contributed by atoms with Crippen molar-refractivity contribution in [1.82, 2.24) is 0 Å². The average molecular weight is 324 g/mol. The Bertz CT molecular complexity index is 701. The first-order valence-corrected chi connectivity index (χ1v) is 6.79. The smallest absolute Gasteiger partial charge is 0.337 e. The summed E-state index contributed by atoms with van der Waals surface area (Å²) in [5.41, 5.74) is 0.991. The first kappa shape index (κ1) is 15.4. The highest BCUT2D eigenvalue weighted by molar-refractivity contribution is 6.42. The molecule has 108 valence electrons. The van der Waals surface area contributed by atoms with E-state index in [0.717, 1.165) is 0 Å². The van der Waals surface area contributed by atoms with Gasteiger partial charge in [-0.3, -0.25) is 4.79 Å². The molecule has 0 aliphatic rings. The van der Waals surface area contributed by atoms with Gasteiger partial charge in [-0.2, -0.15) is 0 Å². The van der Waals surface area contributed by atoms with E-state index in [-0.39, 0.29) is 23.6 Å². The zero-order valence-corrected chi connectivity index (χ0v) is 12.3. The van der Waals surface area contributed by atoms with Crippen molar-refractivity contribution < 1.29 is 14.7 Å². The number of nitrogens with one attached hydrogen (secondary N) is 1. The van der Waals surface area contributed by atoms with Gasteiger partial charge in [0.25, 0.3) is 0 Å². The number of anilines is 1. The van der Waals surface area contributed by atoms with Gasteiger partial charge in [0.2, 0.25) is 5.91 Å². The maximum Gasteiger partial charge on any atom is 0.337 e. The third-order valence-corrected chi connectivity index (χ3v) is 3.52. The summed E-state index contributed by atoms with van der Waals surface area (Å²) in [6, 6.07) is 11.1. The van der Waals surface area contributed by atoms with Crippen molar-refractivity contribution in [2.24, 2.45) is 0 Å². The van der Waals surface area contributed by atoms with Crippen molar-refractivity contribution in [3.05, 3.63) is 63.6 Å². The van der Waals surface area contributed by atoms with E-state index in [1.807, 2.05) is 0 Å². The fourth-order valence-corrected chi connectivity index (χ4v) is 2.13. The van der Waals surface area contributed by atoms with Gasteiger partial charge >= 0.3 is 5.97 Å². The second-order valence-corrected chi connectivity index (χ2v) is 5.14. The molecule has 6 heteroatoms. The first-order chi connectivity index (χ1) is 9.97. The summed E-state index contributed by atoms with van der Waals surface area (Å²) >= 11 is 11.7. The molecule has 4 nitrogen and oxygen atoms in total. The van der Waals surface area contributed by atoms with Crippen LogP contribution in [0.1, 0.15) is 15.9 Å². The molecule has 2 aromatic rings. The largest absolute Gasteiger partial charge is 0.478 e. The van der Waals surface area contributed by atoms with Gasteiger partial charge in [0.1, 0.15) is 0 Å². The zero-order valence-electron chi connectivity index (χ0n) is 10.8. The minimum absolute atomic E-state index is 0.0417. The van der Waals surface area contributed by atoms with Crippen LogP contribution in [0, 0.1) is 0 Å². The predicted octanol–water partition coefficient (Wildman–Crippen LogP) is 3.87. The molecule has 2 rings (SSSR count). The molecule has 0 saturated heterocycles. The summed E-state index contributed by atoms with van der Waals surface area (Å²) in [5.74, 6) is -1.43. The number of carboxylic acid groups (broad SMARTS) is 1. The predicted molar refractivity (Wildman–Crippen MR) is 82.2 cm³/mol. The number of benzene rings is 2. The Morgan fingerprint density at radius 3 is 2.43 bits per heavy atom. The number of amides is 1. The molecule has 0 aromatic heterocycles. The van der Waals surface area contributed by atoms with E-state index in [0.29, 0.717) is 15.6 Å². The van der Waals surface area contributed by atoms with E-state index < -0.39 is 5.97 Å². The van der Waals surface area contributed by atoms with Gasteiger partial charge < -0.3 is 10.4 Å². The number of hydrogen-bond acceptors (Lipinski definition) is 2. The maximum absolute atomic E-state index is 12.0. The van der Waals surface area contributed by atoms with Crippen molar-refractivity contribution in [3.63, 3.8) is 0 Å². The van der Waals surface area contributed by atoms with E-state index in [2.05, 4.69) is 5.32 Å². The molecule has 0 spiro atoms. The van der Waals surface area contributed by atoms with Crippen LogP contribution >= 0.6 is 23.2 Å². The number of para-hydroxylation sites is 1. The number of halogens is 2. The van der Waals surface area contributed by atoms with E-state index in [4.69, 9.17) is 28.3 Å². The highest BCUT2D eigenvalue weighted by Crippen LogP contribution is 2.23. The van der Waals surface area contributed by atoms with Crippen LogP contribution in [0.4, 0.5) is 5.69 Å². The van der Waals surface area contributed by atoms with Gasteiger partial charge in [0, 0.05) is 0 Å². The standard InChI is InChI=1S/C15H11Cl2NO3/c16-11-6-5-9(7-12(11)17)8-14(19)18-13-4-2-1-3-10(13)15(20)21/h1-7H,8H2,(H,18,19)(H,20,21). The highest BCUT2D eigenvalue weighted by Gasteiger charge is 2.12. The quantitative estimate of drug-likeness (QED) is 0.897. The molecule has 2 N–H and O–H groups in total. The molecule has 0 unspecified atom stereocenters. The Morgan fingerprint density at radius 2 is 1.76 bits per heavy atom. The summed E-state index contributed by atoms with van der Waals surface area (Å²) in [5, 5.41) is 12.4. The summed E-state index contributed by atoms with van der Waals surface area (Å²) < 4.78 is 0.